The van der Waals surface area contributed by atoms with E-state index in [2.05, 4.69) is 35.1 Å². The summed E-state index contributed by atoms with van der Waals surface area (Å²) < 4.78 is 11.5. The lowest BCUT2D eigenvalue weighted by atomic mass is 9.94. The van der Waals surface area contributed by atoms with E-state index < -0.39 is 5.60 Å². The SMILES string of the molecule is COc1cc(CNCC(C)(O)CC(C)C)cc(Br)c1OC. The van der Waals surface area contributed by atoms with E-state index in [4.69, 9.17) is 9.47 Å². The van der Waals surface area contributed by atoms with Crippen molar-refractivity contribution in [2.75, 3.05) is 20.8 Å². The fourth-order valence-electron chi connectivity index (χ4n) is 2.50. The summed E-state index contributed by atoms with van der Waals surface area (Å²) in [7, 11) is 3.23. The topological polar surface area (TPSA) is 50.7 Å². The van der Waals surface area contributed by atoms with Crippen LogP contribution in [-0.4, -0.2) is 31.5 Å². The number of methoxy groups -OCH3 is 2. The number of aliphatic hydroxyl groups is 1. The van der Waals surface area contributed by atoms with Gasteiger partial charge in [0.05, 0.1) is 24.3 Å². The number of rotatable bonds is 8. The van der Waals surface area contributed by atoms with Gasteiger partial charge < -0.3 is 19.9 Å². The summed E-state index contributed by atoms with van der Waals surface area (Å²) in [6, 6.07) is 3.93. The summed E-state index contributed by atoms with van der Waals surface area (Å²) in [6.07, 6.45) is 0.773. The molecular formula is C16H26BrNO3. The van der Waals surface area contributed by atoms with Gasteiger partial charge in [0.2, 0.25) is 0 Å². The van der Waals surface area contributed by atoms with Crippen molar-refractivity contribution < 1.29 is 14.6 Å². The lowest BCUT2D eigenvalue weighted by Crippen LogP contribution is -2.38. The highest BCUT2D eigenvalue weighted by Crippen LogP contribution is 2.36. The number of ether oxygens (including phenoxy) is 2. The lowest BCUT2D eigenvalue weighted by Gasteiger charge is -2.25. The summed E-state index contributed by atoms with van der Waals surface area (Å²) in [5, 5.41) is 13.6. The summed E-state index contributed by atoms with van der Waals surface area (Å²) in [5.74, 6) is 1.85. The van der Waals surface area contributed by atoms with Crippen molar-refractivity contribution in [3.63, 3.8) is 0 Å². The standard InChI is InChI=1S/C16H26BrNO3/c1-11(2)8-16(3,19)10-18-9-12-6-13(17)15(21-5)14(7-12)20-4/h6-7,11,18-19H,8-10H2,1-5H3. The largest absolute Gasteiger partial charge is 0.493 e. The molecule has 0 aromatic heterocycles. The maximum atomic E-state index is 10.3. The Morgan fingerprint density at radius 1 is 1.29 bits per heavy atom. The second-order valence-electron chi connectivity index (χ2n) is 6.01. The Bertz CT molecular complexity index is 461. The molecule has 1 atom stereocenters. The van der Waals surface area contributed by atoms with Crippen LogP contribution in [0.25, 0.3) is 0 Å². The van der Waals surface area contributed by atoms with Crippen LogP contribution in [-0.2, 0) is 6.54 Å². The van der Waals surface area contributed by atoms with Crippen molar-refractivity contribution in [2.24, 2.45) is 5.92 Å². The first-order valence-electron chi connectivity index (χ1n) is 7.12. The number of benzene rings is 1. The van der Waals surface area contributed by atoms with Crippen LogP contribution in [0.1, 0.15) is 32.8 Å². The summed E-state index contributed by atoms with van der Waals surface area (Å²) in [6.45, 7) is 7.30. The molecule has 0 spiro atoms. The molecule has 21 heavy (non-hydrogen) atoms. The number of hydrogen-bond donors (Lipinski definition) is 2. The van der Waals surface area contributed by atoms with Crippen molar-refractivity contribution in [3.05, 3.63) is 22.2 Å². The highest BCUT2D eigenvalue weighted by atomic mass is 79.9. The molecule has 1 unspecified atom stereocenters. The zero-order chi connectivity index (χ0) is 16.0. The van der Waals surface area contributed by atoms with Gasteiger partial charge in [-0.25, -0.2) is 0 Å². The summed E-state index contributed by atoms with van der Waals surface area (Å²) in [5.41, 5.74) is 0.377. The predicted octanol–water partition coefficient (Wildman–Crippen LogP) is 3.35. The number of nitrogens with one attached hydrogen (secondary N) is 1. The normalized spacial score (nSPS) is 14.1. The Labute approximate surface area is 136 Å². The summed E-state index contributed by atoms with van der Waals surface area (Å²) >= 11 is 3.48. The molecule has 5 heteroatoms. The van der Waals surface area contributed by atoms with Crippen LogP contribution in [0.5, 0.6) is 11.5 Å². The third-order valence-corrected chi connectivity index (χ3v) is 3.77. The van der Waals surface area contributed by atoms with Crippen molar-refractivity contribution >= 4 is 15.9 Å². The van der Waals surface area contributed by atoms with E-state index in [1.54, 1.807) is 14.2 Å². The molecule has 1 aromatic carbocycles. The number of hydrogen-bond acceptors (Lipinski definition) is 4. The molecule has 1 rings (SSSR count). The molecule has 0 aliphatic carbocycles. The second-order valence-corrected chi connectivity index (χ2v) is 6.87. The van der Waals surface area contributed by atoms with Crippen LogP contribution in [0.4, 0.5) is 0 Å². The van der Waals surface area contributed by atoms with Gasteiger partial charge in [-0.15, -0.1) is 0 Å². The van der Waals surface area contributed by atoms with Crippen LogP contribution in [0.2, 0.25) is 0 Å². The van der Waals surface area contributed by atoms with Crippen molar-refractivity contribution in [2.45, 2.75) is 39.3 Å². The minimum Gasteiger partial charge on any atom is -0.493 e. The second kappa shape index (κ2) is 8.01. The van der Waals surface area contributed by atoms with Crippen LogP contribution in [0, 0.1) is 5.92 Å². The first kappa shape index (κ1) is 18.3. The molecule has 0 amide bonds. The Morgan fingerprint density at radius 2 is 1.95 bits per heavy atom. The Morgan fingerprint density at radius 3 is 2.48 bits per heavy atom. The van der Waals surface area contributed by atoms with Gasteiger partial charge in [0.15, 0.2) is 11.5 Å². The smallest absolute Gasteiger partial charge is 0.174 e. The maximum absolute atomic E-state index is 10.3. The molecule has 0 radical (unpaired) electrons. The molecule has 2 N–H and O–H groups in total. The van der Waals surface area contributed by atoms with Gasteiger partial charge in [-0.1, -0.05) is 13.8 Å². The fourth-order valence-corrected chi connectivity index (χ4v) is 3.15. The quantitative estimate of drug-likeness (QED) is 0.747. The van der Waals surface area contributed by atoms with Gasteiger partial charge in [-0.05, 0) is 52.9 Å². The summed E-state index contributed by atoms with van der Waals surface area (Å²) in [4.78, 5) is 0. The zero-order valence-corrected chi connectivity index (χ0v) is 15.1. The number of halogens is 1. The molecular weight excluding hydrogens is 334 g/mol. The molecule has 120 valence electrons. The van der Waals surface area contributed by atoms with Gasteiger partial charge >= 0.3 is 0 Å². The molecule has 0 heterocycles. The lowest BCUT2D eigenvalue weighted by molar-refractivity contribution is 0.0383. The monoisotopic (exact) mass is 359 g/mol. The van der Waals surface area contributed by atoms with Gasteiger partial charge in [0.25, 0.3) is 0 Å². The molecule has 0 saturated heterocycles. The minimum atomic E-state index is -0.693. The van der Waals surface area contributed by atoms with E-state index in [0.29, 0.717) is 30.5 Å². The third-order valence-electron chi connectivity index (χ3n) is 3.18. The Kier molecular flexibility index (Phi) is 6.97. The molecule has 4 nitrogen and oxygen atoms in total. The van der Waals surface area contributed by atoms with E-state index in [0.717, 1.165) is 16.5 Å². The van der Waals surface area contributed by atoms with Crippen LogP contribution < -0.4 is 14.8 Å². The first-order chi connectivity index (χ1) is 9.79. The average molecular weight is 360 g/mol. The molecule has 0 bridgehead atoms. The fraction of sp³-hybridized carbons (Fsp3) is 0.625. The van der Waals surface area contributed by atoms with Crippen LogP contribution in [0.3, 0.4) is 0 Å². The highest BCUT2D eigenvalue weighted by Gasteiger charge is 2.21. The molecule has 0 saturated carbocycles. The van der Waals surface area contributed by atoms with Crippen LogP contribution in [0.15, 0.2) is 16.6 Å². The van der Waals surface area contributed by atoms with E-state index in [1.807, 2.05) is 19.1 Å². The van der Waals surface area contributed by atoms with Crippen molar-refractivity contribution in [1.29, 1.82) is 0 Å². The van der Waals surface area contributed by atoms with Gasteiger partial charge in [0, 0.05) is 13.1 Å². The molecule has 0 aliphatic rings. The Balaban J connectivity index is 2.66. The van der Waals surface area contributed by atoms with Gasteiger partial charge in [-0.3, -0.25) is 0 Å². The predicted molar refractivity (Wildman–Crippen MR) is 89.0 cm³/mol. The van der Waals surface area contributed by atoms with Gasteiger partial charge in [0.1, 0.15) is 0 Å². The highest BCUT2D eigenvalue weighted by molar-refractivity contribution is 9.10. The van der Waals surface area contributed by atoms with E-state index in [1.165, 1.54) is 0 Å². The first-order valence-corrected chi connectivity index (χ1v) is 7.92. The Hall–Kier alpha value is -0.780. The van der Waals surface area contributed by atoms with E-state index >= 15 is 0 Å². The van der Waals surface area contributed by atoms with Gasteiger partial charge in [-0.2, -0.15) is 0 Å². The molecule has 1 aromatic rings. The molecule has 0 fully saturated rings. The zero-order valence-electron chi connectivity index (χ0n) is 13.5. The van der Waals surface area contributed by atoms with Crippen LogP contribution >= 0.6 is 15.9 Å². The third kappa shape index (κ3) is 5.85. The van der Waals surface area contributed by atoms with Crippen molar-refractivity contribution in [3.8, 4) is 11.5 Å². The van der Waals surface area contributed by atoms with Crippen molar-refractivity contribution in [1.82, 2.24) is 5.32 Å². The molecule has 0 aliphatic heterocycles. The average Bonchev–Trinajstić information content (AvgIpc) is 2.36. The maximum Gasteiger partial charge on any atom is 0.174 e. The van der Waals surface area contributed by atoms with E-state index in [9.17, 15) is 5.11 Å². The van der Waals surface area contributed by atoms with E-state index in [-0.39, 0.29) is 0 Å². The minimum absolute atomic E-state index is 0.469.